The largest absolute Gasteiger partial charge is 0.437 e. The standard InChI is InChI=1S/C17H26N2O2S/c1-9-11(3)21-17(19-9)22-12(4)16(20)18-10(2)15-8-13-5-6-14(15)7-13/h10,12-15H,5-8H2,1-4H3,(H,18,20). The molecule has 5 unspecified atom stereocenters. The number of hydrogen-bond donors (Lipinski definition) is 1. The molecule has 0 saturated heterocycles. The van der Waals surface area contributed by atoms with Crippen LogP contribution in [0.2, 0.25) is 0 Å². The second-order valence-electron chi connectivity index (χ2n) is 7.02. The average molecular weight is 322 g/mol. The molecule has 1 N–H and O–H groups in total. The van der Waals surface area contributed by atoms with E-state index >= 15 is 0 Å². The van der Waals surface area contributed by atoms with E-state index in [1.165, 1.54) is 37.4 Å². The van der Waals surface area contributed by atoms with Gasteiger partial charge in [-0.3, -0.25) is 4.79 Å². The Hall–Kier alpha value is -0.970. The van der Waals surface area contributed by atoms with Gasteiger partial charge in [0.2, 0.25) is 5.91 Å². The van der Waals surface area contributed by atoms with E-state index in [-0.39, 0.29) is 17.2 Å². The minimum Gasteiger partial charge on any atom is -0.437 e. The number of thioether (sulfide) groups is 1. The number of aromatic nitrogens is 1. The Balaban J connectivity index is 1.52. The lowest BCUT2D eigenvalue weighted by molar-refractivity contribution is -0.121. The highest BCUT2D eigenvalue weighted by molar-refractivity contribution is 8.00. The van der Waals surface area contributed by atoms with Crippen LogP contribution < -0.4 is 5.32 Å². The fourth-order valence-electron chi connectivity index (χ4n) is 4.05. The van der Waals surface area contributed by atoms with Gasteiger partial charge in [-0.05, 0) is 64.7 Å². The molecule has 0 aliphatic heterocycles. The van der Waals surface area contributed by atoms with Crippen molar-refractivity contribution >= 4 is 17.7 Å². The number of fused-ring (bicyclic) bond motifs is 2. The Kier molecular flexibility index (Phi) is 4.53. The monoisotopic (exact) mass is 322 g/mol. The lowest BCUT2D eigenvalue weighted by atomic mass is 9.84. The van der Waals surface area contributed by atoms with E-state index in [1.807, 2.05) is 20.8 Å². The zero-order chi connectivity index (χ0) is 15.9. The predicted molar refractivity (Wildman–Crippen MR) is 87.8 cm³/mol. The number of amides is 1. The average Bonchev–Trinajstić information content (AvgIpc) is 3.15. The molecule has 0 spiro atoms. The van der Waals surface area contributed by atoms with Crippen molar-refractivity contribution in [3.63, 3.8) is 0 Å². The van der Waals surface area contributed by atoms with Crippen molar-refractivity contribution in [2.45, 2.75) is 69.9 Å². The molecule has 0 radical (unpaired) electrons. The van der Waals surface area contributed by atoms with Gasteiger partial charge in [-0.25, -0.2) is 4.98 Å². The molecule has 3 rings (SSSR count). The Labute approximate surface area is 136 Å². The first-order chi connectivity index (χ1) is 10.4. The molecule has 4 nitrogen and oxygen atoms in total. The van der Waals surface area contributed by atoms with Crippen LogP contribution in [0, 0.1) is 31.6 Å². The fourth-order valence-corrected chi connectivity index (χ4v) is 4.89. The minimum absolute atomic E-state index is 0.0915. The van der Waals surface area contributed by atoms with E-state index in [1.54, 1.807) is 0 Å². The molecule has 122 valence electrons. The Morgan fingerprint density at radius 3 is 2.64 bits per heavy atom. The van der Waals surface area contributed by atoms with Gasteiger partial charge in [0, 0.05) is 6.04 Å². The van der Waals surface area contributed by atoms with Crippen molar-refractivity contribution in [3.8, 4) is 0 Å². The molecule has 5 atom stereocenters. The second kappa shape index (κ2) is 6.26. The van der Waals surface area contributed by atoms with Crippen molar-refractivity contribution in [2.75, 3.05) is 0 Å². The number of carbonyl (C=O) groups is 1. The molecule has 1 heterocycles. The summed E-state index contributed by atoms with van der Waals surface area (Å²) in [6.07, 6.45) is 5.43. The van der Waals surface area contributed by atoms with Gasteiger partial charge in [0.1, 0.15) is 5.76 Å². The Morgan fingerprint density at radius 2 is 2.09 bits per heavy atom. The molecule has 2 fully saturated rings. The lowest BCUT2D eigenvalue weighted by Crippen LogP contribution is -2.43. The van der Waals surface area contributed by atoms with E-state index < -0.39 is 0 Å². The molecule has 0 aromatic carbocycles. The maximum absolute atomic E-state index is 12.4. The number of rotatable bonds is 5. The van der Waals surface area contributed by atoms with Crippen LogP contribution in [0.5, 0.6) is 0 Å². The maximum atomic E-state index is 12.4. The summed E-state index contributed by atoms with van der Waals surface area (Å²) in [7, 11) is 0. The van der Waals surface area contributed by atoms with Crippen molar-refractivity contribution in [2.24, 2.45) is 17.8 Å². The molecule has 2 aliphatic carbocycles. The summed E-state index contributed by atoms with van der Waals surface area (Å²) in [6.45, 7) is 7.90. The molecule has 2 bridgehead atoms. The van der Waals surface area contributed by atoms with Crippen molar-refractivity contribution < 1.29 is 9.21 Å². The van der Waals surface area contributed by atoms with Gasteiger partial charge in [-0.15, -0.1) is 0 Å². The highest BCUT2D eigenvalue weighted by Gasteiger charge is 2.42. The first-order valence-corrected chi connectivity index (χ1v) is 9.23. The summed E-state index contributed by atoms with van der Waals surface area (Å²) >= 11 is 1.40. The number of hydrogen-bond acceptors (Lipinski definition) is 4. The SMILES string of the molecule is Cc1nc(SC(C)C(=O)NC(C)C2CC3CCC2C3)oc1C. The number of nitrogens with one attached hydrogen (secondary N) is 1. The van der Waals surface area contributed by atoms with Crippen LogP contribution in [0.25, 0.3) is 0 Å². The van der Waals surface area contributed by atoms with Gasteiger partial charge >= 0.3 is 0 Å². The number of oxazole rings is 1. The predicted octanol–water partition coefficient (Wildman–Crippen LogP) is 3.71. The van der Waals surface area contributed by atoms with Crippen molar-refractivity contribution in [1.29, 1.82) is 0 Å². The summed E-state index contributed by atoms with van der Waals surface area (Å²) in [4.78, 5) is 16.7. The zero-order valence-corrected chi connectivity index (χ0v) is 14.7. The summed E-state index contributed by atoms with van der Waals surface area (Å²) in [6, 6.07) is 0.277. The van der Waals surface area contributed by atoms with Gasteiger partial charge in [0.25, 0.3) is 5.22 Å². The van der Waals surface area contributed by atoms with Crippen LogP contribution in [-0.4, -0.2) is 22.2 Å². The summed E-state index contributed by atoms with van der Waals surface area (Å²) in [5, 5.41) is 3.63. The summed E-state index contributed by atoms with van der Waals surface area (Å²) in [5.74, 6) is 3.34. The van der Waals surface area contributed by atoms with Crippen LogP contribution in [0.4, 0.5) is 0 Å². The van der Waals surface area contributed by atoms with Crippen molar-refractivity contribution in [3.05, 3.63) is 11.5 Å². The maximum Gasteiger partial charge on any atom is 0.256 e. The van der Waals surface area contributed by atoms with Crippen LogP contribution in [-0.2, 0) is 4.79 Å². The van der Waals surface area contributed by atoms with Gasteiger partial charge in [0.15, 0.2) is 0 Å². The van der Waals surface area contributed by atoms with E-state index in [9.17, 15) is 4.79 Å². The van der Waals surface area contributed by atoms with E-state index in [0.29, 0.717) is 11.1 Å². The van der Waals surface area contributed by atoms with Crippen LogP contribution in [0.15, 0.2) is 9.64 Å². The topological polar surface area (TPSA) is 55.1 Å². The Bertz CT molecular complexity index is 537. The first kappa shape index (κ1) is 15.9. The quantitative estimate of drug-likeness (QED) is 0.840. The number of carbonyl (C=O) groups excluding carboxylic acids is 1. The van der Waals surface area contributed by atoms with E-state index in [0.717, 1.165) is 23.3 Å². The van der Waals surface area contributed by atoms with Gasteiger partial charge < -0.3 is 9.73 Å². The first-order valence-electron chi connectivity index (χ1n) is 8.35. The van der Waals surface area contributed by atoms with Crippen molar-refractivity contribution in [1.82, 2.24) is 10.3 Å². The van der Waals surface area contributed by atoms with E-state index in [2.05, 4.69) is 17.2 Å². The van der Waals surface area contributed by atoms with E-state index in [4.69, 9.17) is 4.42 Å². The molecule has 5 heteroatoms. The number of aryl methyl sites for hydroxylation is 2. The molecule has 1 aromatic heterocycles. The van der Waals surface area contributed by atoms with Crippen LogP contribution >= 0.6 is 11.8 Å². The molecule has 1 aromatic rings. The third kappa shape index (κ3) is 3.19. The molecular weight excluding hydrogens is 296 g/mol. The normalized spacial score (nSPS) is 29.5. The summed E-state index contributed by atoms with van der Waals surface area (Å²) < 4.78 is 5.55. The molecule has 2 aliphatic rings. The fraction of sp³-hybridized carbons (Fsp3) is 0.765. The Morgan fingerprint density at radius 1 is 1.32 bits per heavy atom. The van der Waals surface area contributed by atoms with Crippen LogP contribution in [0.1, 0.15) is 51.0 Å². The number of nitrogens with zero attached hydrogens (tertiary/aromatic N) is 1. The zero-order valence-electron chi connectivity index (χ0n) is 13.9. The minimum atomic E-state index is -0.182. The highest BCUT2D eigenvalue weighted by Crippen LogP contribution is 2.49. The van der Waals surface area contributed by atoms with Gasteiger partial charge in [-0.1, -0.05) is 18.2 Å². The summed E-state index contributed by atoms with van der Waals surface area (Å²) in [5.41, 5.74) is 0.894. The van der Waals surface area contributed by atoms with Gasteiger partial charge in [-0.2, -0.15) is 0 Å². The van der Waals surface area contributed by atoms with Gasteiger partial charge in [0.05, 0.1) is 10.9 Å². The smallest absolute Gasteiger partial charge is 0.256 e. The molecule has 1 amide bonds. The third-order valence-electron chi connectivity index (χ3n) is 5.46. The third-order valence-corrected chi connectivity index (χ3v) is 6.40. The molecule has 2 saturated carbocycles. The highest BCUT2D eigenvalue weighted by atomic mass is 32.2. The molecular formula is C17H26N2O2S. The van der Waals surface area contributed by atoms with Crippen LogP contribution in [0.3, 0.4) is 0 Å². The molecule has 22 heavy (non-hydrogen) atoms. The second-order valence-corrected chi connectivity index (χ2v) is 8.31. The lowest BCUT2D eigenvalue weighted by Gasteiger charge is -2.29.